The molecule has 10 aromatic rings. The predicted molar refractivity (Wildman–Crippen MR) is 207 cm³/mol. The molecule has 0 aliphatic heterocycles. The van der Waals surface area contributed by atoms with Crippen LogP contribution in [0, 0.1) is 0 Å². The predicted octanol–water partition coefficient (Wildman–Crippen LogP) is 9.41. The molecule has 7 heterocycles. The van der Waals surface area contributed by atoms with Crippen LogP contribution < -0.4 is 0 Å². The van der Waals surface area contributed by atoms with Crippen LogP contribution in [0.2, 0.25) is 0 Å². The molecule has 0 radical (unpaired) electrons. The average molecular weight is 682 g/mol. The van der Waals surface area contributed by atoms with Gasteiger partial charge in [-0.25, -0.2) is 15.0 Å². The molecule has 0 spiro atoms. The Labute approximate surface area is 303 Å². The Kier molecular flexibility index (Phi) is 7.25. The van der Waals surface area contributed by atoms with Gasteiger partial charge in [-0.1, -0.05) is 60.7 Å². The fourth-order valence-corrected chi connectivity index (χ4v) is 6.80. The first kappa shape index (κ1) is 30.3. The normalized spacial score (nSPS) is 11.4. The van der Waals surface area contributed by atoms with Gasteiger partial charge in [-0.2, -0.15) is 0 Å². The molecule has 0 saturated carbocycles. The monoisotopic (exact) mass is 681 g/mol. The molecular formula is C44H27N9. The zero-order valence-corrected chi connectivity index (χ0v) is 28.1. The third-order valence-corrected chi connectivity index (χ3v) is 9.30. The van der Waals surface area contributed by atoms with E-state index in [2.05, 4.69) is 62.9 Å². The average Bonchev–Trinajstić information content (AvgIpc) is 3.59. The number of benzene rings is 3. The maximum absolute atomic E-state index is 5.03. The number of nitrogens with zero attached hydrogens (tertiary/aromatic N) is 9. The third-order valence-electron chi connectivity index (χ3n) is 9.30. The minimum atomic E-state index is 0.500. The Morgan fingerprint density at radius 1 is 0.358 bits per heavy atom. The zero-order valence-electron chi connectivity index (χ0n) is 28.1. The molecule has 53 heavy (non-hydrogen) atoms. The number of para-hydroxylation sites is 3. The lowest BCUT2D eigenvalue weighted by Gasteiger charge is -2.10. The maximum atomic E-state index is 5.03. The van der Waals surface area contributed by atoms with Gasteiger partial charge in [0.15, 0.2) is 17.5 Å². The summed E-state index contributed by atoms with van der Waals surface area (Å²) < 4.78 is 2.29. The van der Waals surface area contributed by atoms with E-state index < -0.39 is 0 Å². The molecule has 10 rings (SSSR count). The summed E-state index contributed by atoms with van der Waals surface area (Å²) in [6.45, 7) is 0. The lowest BCUT2D eigenvalue weighted by atomic mass is 10.0. The van der Waals surface area contributed by atoms with Gasteiger partial charge in [0.25, 0.3) is 0 Å². The summed E-state index contributed by atoms with van der Waals surface area (Å²) in [5.41, 5.74) is 11.7. The van der Waals surface area contributed by atoms with Crippen LogP contribution in [-0.4, -0.2) is 44.3 Å². The van der Waals surface area contributed by atoms with Crippen molar-refractivity contribution < 1.29 is 0 Å². The zero-order chi connectivity index (χ0) is 35.1. The second-order valence-electron chi connectivity index (χ2n) is 12.5. The van der Waals surface area contributed by atoms with Crippen molar-refractivity contribution >= 4 is 27.5 Å². The fraction of sp³-hybridized carbons (Fsp3) is 0. The Morgan fingerprint density at radius 3 is 1.55 bits per heavy atom. The van der Waals surface area contributed by atoms with Crippen LogP contribution in [0.5, 0.6) is 0 Å². The summed E-state index contributed by atoms with van der Waals surface area (Å²) in [4.78, 5) is 38.2. The molecule has 7 aromatic heterocycles. The van der Waals surface area contributed by atoms with Gasteiger partial charge >= 0.3 is 0 Å². The van der Waals surface area contributed by atoms with Crippen LogP contribution >= 0.6 is 0 Å². The van der Waals surface area contributed by atoms with Crippen LogP contribution in [0.4, 0.5) is 0 Å². The molecule has 248 valence electrons. The van der Waals surface area contributed by atoms with Gasteiger partial charge in [0, 0.05) is 52.4 Å². The van der Waals surface area contributed by atoms with E-state index in [1.54, 1.807) is 24.8 Å². The van der Waals surface area contributed by atoms with Crippen LogP contribution in [0.15, 0.2) is 164 Å². The summed E-state index contributed by atoms with van der Waals surface area (Å²) in [6.07, 6.45) is 9.04. The summed E-state index contributed by atoms with van der Waals surface area (Å²) in [5, 5.41) is 1.14. The molecule has 0 fully saturated rings. The molecule has 0 aliphatic rings. The first-order valence-corrected chi connectivity index (χ1v) is 17.2. The van der Waals surface area contributed by atoms with E-state index in [-0.39, 0.29) is 0 Å². The van der Waals surface area contributed by atoms with Crippen LogP contribution in [-0.2, 0) is 0 Å². The number of rotatable bonds is 6. The Balaban J connectivity index is 1.12. The number of hydrogen-bond donors (Lipinski definition) is 0. The Bertz CT molecular complexity index is 2820. The smallest absolute Gasteiger partial charge is 0.165 e. The van der Waals surface area contributed by atoms with Gasteiger partial charge in [-0.15, -0.1) is 0 Å². The van der Waals surface area contributed by atoms with Crippen molar-refractivity contribution in [3.05, 3.63) is 164 Å². The van der Waals surface area contributed by atoms with Crippen molar-refractivity contribution in [3.63, 3.8) is 0 Å². The van der Waals surface area contributed by atoms with E-state index in [0.717, 1.165) is 78.0 Å². The molecule has 0 amide bonds. The molecule has 3 aromatic carbocycles. The largest absolute Gasteiger partial charge is 0.306 e. The summed E-state index contributed by atoms with van der Waals surface area (Å²) in [6, 6.07) is 44.4. The van der Waals surface area contributed by atoms with Crippen LogP contribution in [0.25, 0.3) is 95.5 Å². The topological polar surface area (TPSA) is 108 Å². The van der Waals surface area contributed by atoms with E-state index in [1.165, 1.54) is 0 Å². The quantitative estimate of drug-likeness (QED) is 0.171. The van der Waals surface area contributed by atoms with Crippen LogP contribution in [0.1, 0.15) is 0 Å². The van der Waals surface area contributed by atoms with Gasteiger partial charge in [-0.05, 0) is 78.4 Å². The van der Waals surface area contributed by atoms with Crippen molar-refractivity contribution in [2.45, 2.75) is 0 Å². The number of aromatic nitrogens is 9. The van der Waals surface area contributed by atoms with Crippen molar-refractivity contribution in [1.29, 1.82) is 0 Å². The SMILES string of the molecule is c1ccc(-c2ccc(-c3nc(-c4ccc(-c5ccccn5)nc4)nc(-c4cccc(-c5c6ccccc6n6c5cnc5ccccc56)c4)n3)cn2)nc1. The number of pyridine rings is 4. The number of hydrogen-bond acceptors (Lipinski definition) is 8. The van der Waals surface area contributed by atoms with Crippen molar-refractivity contribution in [3.8, 4) is 68.1 Å². The Morgan fingerprint density at radius 2 is 0.925 bits per heavy atom. The van der Waals surface area contributed by atoms with Crippen molar-refractivity contribution in [1.82, 2.24) is 44.3 Å². The van der Waals surface area contributed by atoms with E-state index in [0.29, 0.717) is 17.5 Å². The highest BCUT2D eigenvalue weighted by atomic mass is 15.0. The van der Waals surface area contributed by atoms with Gasteiger partial charge in [-0.3, -0.25) is 24.9 Å². The molecule has 9 nitrogen and oxygen atoms in total. The highest BCUT2D eigenvalue weighted by molar-refractivity contribution is 6.08. The molecular weight excluding hydrogens is 655 g/mol. The summed E-state index contributed by atoms with van der Waals surface area (Å²) in [7, 11) is 0. The van der Waals surface area contributed by atoms with E-state index in [4.69, 9.17) is 29.9 Å². The molecule has 0 N–H and O–H groups in total. The first-order chi connectivity index (χ1) is 26.3. The van der Waals surface area contributed by atoms with E-state index >= 15 is 0 Å². The van der Waals surface area contributed by atoms with Crippen molar-refractivity contribution in [2.24, 2.45) is 0 Å². The van der Waals surface area contributed by atoms with E-state index in [1.807, 2.05) is 91.1 Å². The lowest BCUT2D eigenvalue weighted by Crippen LogP contribution is -2.01. The van der Waals surface area contributed by atoms with Gasteiger partial charge in [0.2, 0.25) is 0 Å². The molecule has 0 unspecified atom stereocenters. The van der Waals surface area contributed by atoms with Gasteiger partial charge < -0.3 is 4.40 Å². The van der Waals surface area contributed by atoms with Gasteiger partial charge in [0.05, 0.1) is 51.0 Å². The highest BCUT2D eigenvalue weighted by Gasteiger charge is 2.18. The fourth-order valence-electron chi connectivity index (χ4n) is 6.80. The molecule has 0 saturated heterocycles. The summed E-state index contributed by atoms with van der Waals surface area (Å²) in [5.74, 6) is 1.53. The molecule has 0 atom stereocenters. The van der Waals surface area contributed by atoms with Crippen molar-refractivity contribution in [2.75, 3.05) is 0 Å². The first-order valence-electron chi connectivity index (χ1n) is 17.2. The molecule has 0 bridgehead atoms. The molecule has 0 aliphatic carbocycles. The third kappa shape index (κ3) is 5.44. The second kappa shape index (κ2) is 12.7. The minimum absolute atomic E-state index is 0.500. The molecule has 9 heteroatoms. The van der Waals surface area contributed by atoms with Crippen LogP contribution in [0.3, 0.4) is 0 Å². The van der Waals surface area contributed by atoms with E-state index in [9.17, 15) is 0 Å². The lowest BCUT2D eigenvalue weighted by molar-refractivity contribution is 1.07. The number of fused-ring (bicyclic) bond motifs is 5. The van der Waals surface area contributed by atoms with Gasteiger partial charge in [0.1, 0.15) is 0 Å². The second-order valence-corrected chi connectivity index (χ2v) is 12.5. The maximum Gasteiger partial charge on any atom is 0.165 e. The Hall–Kier alpha value is -7.52. The minimum Gasteiger partial charge on any atom is -0.306 e. The highest BCUT2D eigenvalue weighted by Crippen LogP contribution is 2.38. The summed E-state index contributed by atoms with van der Waals surface area (Å²) >= 11 is 0. The standard InChI is InChI=1S/C44H27N9/c1-3-16-38-32(12-1)41(40-27-49-37-15-2-4-17-39(37)53(38)40)28-10-9-11-29(24-28)42-50-43(30-18-20-35(47-25-30)33-13-5-7-22-45-33)52-44(51-42)31-19-21-36(48-26-31)34-14-6-8-23-46-34/h1-27H.